The molecule has 3 aromatic rings. The van der Waals surface area contributed by atoms with Gasteiger partial charge in [-0.05, 0) is 41.6 Å². The molecule has 2 nitrogen and oxygen atoms in total. The molecule has 0 aliphatic heterocycles. The van der Waals surface area contributed by atoms with E-state index in [4.69, 9.17) is 0 Å². The Hall–Kier alpha value is -2.49. The van der Waals surface area contributed by atoms with Gasteiger partial charge < -0.3 is 5.32 Å². The van der Waals surface area contributed by atoms with Gasteiger partial charge in [-0.15, -0.1) is 0 Å². The molecule has 0 amide bonds. The molecule has 21 heavy (non-hydrogen) atoms. The van der Waals surface area contributed by atoms with Crippen LogP contribution in [-0.4, -0.2) is 4.98 Å². The first-order valence-electron chi connectivity index (χ1n) is 6.66. The summed E-state index contributed by atoms with van der Waals surface area (Å²) in [5.41, 5.74) is 1.29. The number of aryl methyl sites for hydroxylation is 1. The van der Waals surface area contributed by atoms with Crippen molar-refractivity contribution in [3.63, 3.8) is 0 Å². The first-order chi connectivity index (χ1) is 10.1. The zero-order valence-corrected chi connectivity index (χ0v) is 11.5. The Morgan fingerprint density at radius 3 is 2.76 bits per heavy atom. The third-order valence-corrected chi connectivity index (χ3v) is 3.46. The Bertz CT molecular complexity index is 800. The highest BCUT2D eigenvalue weighted by Gasteiger charge is 2.10. The van der Waals surface area contributed by atoms with Crippen LogP contribution >= 0.6 is 0 Å². The molecule has 1 N–H and O–H groups in total. The van der Waals surface area contributed by atoms with Gasteiger partial charge >= 0.3 is 0 Å². The van der Waals surface area contributed by atoms with Gasteiger partial charge in [0.15, 0.2) is 5.82 Å². The maximum absolute atomic E-state index is 13.9. The molecule has 1 aromatic heterocycles. The van der Waals surface area contributed by atoms with Gasteiger partial charge in [-0.2, -0.15) is 0 Å². The lowest BCUT2D eigenvalue weighted by Crippen LogP contribution is -2.05. The Morgan fingerprint density at radius 2 is 1.90 bits per heavy atom. The zero-order valence-electron chi connectivity index (χ0n) is 11.5. The van der Waals surface area contributed by atoms with Crippen molar-refractivity contribution in [3.8, 4) is 0 Å². The van der Waals surface area contributed by atoms with Crippen molar-refractivity contribution in [2.75, 3.05) is 5.32 Å². The van der Waals surface area contributed by atoms with Gasteiger partial charge in [0.1, 0.15) is 11.5 Å². The van der Waals surface area contributed by atoms with E-state index < -0.39 is 11.6 Å². The van der Waals surface area contributed by atoms with E-state index in [1.54, 1.807) is 19.3 Å². The number of hydrogen-bond acceptors (Lipinski definition) is 2. The molecule has 0 aliphatic rings. The summed E-state index contributed by atoms with van der Waals surface area (Å²) in [5.74, 6) is -1.12. The Kier molecular flexibility index (Phi) is 3.52. The smallest absolute Gasteiger partial charge is 0.152 e. The van der Waals surface area contributed by atoms with E-state index in [0.717, 1.165) is 16.3 Å². The highest BCUT2D eigenvalue weighted by Crippen LogP contribution is 2.23. The Morgan fingerprint density at radius 1 is 1.05 bits per heavy atom. The van der Waals surface area contributed by atoms with Crippen LogP contribution in [0, 0.1) is 18.6 Å². The SMILES string of the molecule is Cc1ccc(F)c(NCc2ccc3cnccc3c2)c1F. The lowest BCUT2D eigenvalue weighted by Gasteiger charge is -2.11. The third-order valence-electron chi connectivity index (χ3n) is 3.46. The minimum Gasteiger partial charge on any atom is -0.376 e. The largest absolute Gasteiger partial charge is 0.376 e. The highest BCUT2D eigenvalue weighted by atomic mass is 19.1. The molecule has 0 atom stereocenters. The predicted molar refractivity (Wildman–Crippen MR) is 80.2 cm³/mol. The normalized spacial score (nSPS) is 10.8. The monoisotopic (exact) mass is 284 g/mol. The van der Waals surface area contributed by atoms with Crippen molar-refractivity contribution in [3.05, 3.63) is 71.6 Å². The van der Waals surface area contributed by atoms with Crippen LogP contribution in [0.1, 0.15) is 11.1 Å². The highest BCUT2D eigenvalue weighted by molar-refractivity contribution is 5.82. The first-order valence-corrected chi connectivity index (χ1v) is 6.66. The Labute approximate surface area is 121 Å². The van der Waals surface area contributed by atoms with Crippen LogP contribution < -0.4 is 5.32 Å². The summed E-state index contributed by atoms with van der Waals surface area (Å²) in [6.45, 7) is 1.97. The van der Waals surface area contributed by atoms with E-state index in [-0.39, 0.29) is 5.69 Å². The summed E-state index contributed by atoms with van der Waals surface area (Å²) in [6.07, 6.45) is 3.51. The third kappa shape index (κ3) is 2.70. The number of pyridine rings is 1. The zero-order chi connectivity index (χ0) is 14.8. The van der Waals surface area contributed by atoms with E-state index in [9.17, 15) is 8.78 Å². The topological polar surface area (TPSA) is 24.9 Å². The van der Waals surface area contributed by atoms with Gasteiger partial charge in [0.2, 0.25) is 0 Å². The van der Waals surface area contributed by atoms with Crippen LogP contribution in [-0.2, 0) is 6.54 Å². The van der Waals surface area contributed by atoms with Crippen LogP contribution in [0.15, 0.2) is 48.8 Å². The van der Waals surface area contributed by atoms with E-state index >= 15 is 0 Å². The minimum atomic E-state index is -0.580. The fourth-order valence-corrected chi connectivity index (χ4v) is 2.25. The predicted octanol–water partition coefficient (Wildman–Crippen LogP) is 4.43. The molecule has 106 valence electrons. The molecule has 2 aromatic carbocycles. The molecule has 0 aliphatic carbocycles. The number of halogens is 2. The number of anilines is 1. The van der Waals surface area contributed by atoms with Gasteiger partial charge in [-0.3, -0.25) is 4.98 Å². The molecule has 0 saturated heterocycles. The van der Waals surface area contributed by atoms with Gasteiger partial charge in [0.25, 0.3) is 0 Å². The molecule has 1 heterocycles. The number of aromatic nitrogens is 1. The standard InChI is InChI=1S/C17H14F2N2/c1-11-2-5-15(18)17(16(11)19)21-9-12-3-4-14-10-20-7-6-13(14)8-12/h2-8,10,21H,9H2,1H3. The number of benzene rings is 2. The van der Waals surface area contributed by atoms with E-state index in [2.05, 4.69) is 10.3 Å². The van der Waals surface area contributed by atoms with Crippen LogP contribution in [0.2, 0.25) is 0 Å². The second-order valence-corrected chi connectivity index (χ2v) is 4.96. The number of fused-ring (bicyclic) bond motifs is 1. The lowest BCUT2D eigenvalue weighted by atomic mass is 10.1. The van der Waals surface area contributed by atoms with Crippen molar-refractivity contribution in [2.45, 2.75) is 13.5 Å². The summed E-state index contributed by atoms with van der Waals surface area (Å²) in [5, 5.41) is 4.92. The molecular weight excluding hydrogens is 270 g/mol. The summed E-state index contributed by atoms with van der Waals surface area (Å²) < 4.78 is 27.6. The van der Waals surface area contributed by atoms with Crippen LogP contribution in [0.25, 0.3) is 10.8 Å². The molecule has 0 fully saturated rings. The molecule has 0 bridgehead atoms. The Balaban J connectivity index is 1.85. The van der Waals surface area contributed by atoms with Crippen LogP contribution in [0.5, 0.6) is 0 Å². The van der Waals surface area contributed by atoms with Crippen molar-refractivity contribution in [1.82, 2.24) is 4.98 Å². The van der Waals surface area contributed by atoms with E-state index in [0.29, 0.717) is 12.1 Å². The molecule has 0 spiro atoms. The quantitative estimate of drug-likeness (QED) is 0.769. The second-order valence-electron chi connectivity index (χ2n) is 4.96. The molecule has 4 heteroatoms. The van der Waals surface area contributed by atoms with Gasteiger partial charge in [-0.1, -0.05) is 18.2 Å². The average Bonchev–Trinajstić information content (AvgIpc) is 2.51. The molecule has 3 rings (SSSR count). The summed E-state index contributed by atoms with van der Waals surface area (Å²) in [6, 6.07) is 10.5. The van der Waals surface area contributed by atoms with Crippen molar-refractivity contribution in [1.29, 1.82) is 0 Å². The lowest BCUT2D eigenvalue weighted by molar-refractivity contribution is 0.582. The summed E-state index contributed by atoms with van der Waals surface area (Å²) in [7, 11) is 0. The van der Waals surface area contributed by atoms with E-state index in [1.807, 2.05) is 24.3 Å². The number of nitrogens with zero attached hydrogens (tertiary/aromatic N) is 1. The molecule has 0 unspecified atom stereocenters. The fourth-order valence-electron chi connectivity index (χ4n) is 2.25. The average molecular weight is 284 g/mol. The van der Waals surface area contributed by atoms with Crippen molar-refractivity contribution >= 4 is 16.5 Å². The summed E-state index contributed by atoms with van der Waals surface area (Å²) in [4.78, 5) is 4.05. The van der Waals surface area contributed by atoms with Crippen molar-refractivity contribution in [2.24, 2.45) is 0 Å². The van der Waals surface area contributed by atoms with Crippen LogP contribution in [0.3, 0.4) is 0 Å². The number of nitrogens with one attached hydrogen (secondary N) is 1. The summed E-state index contributed by atoms with van der Waals surface area (Å²) >= 11 is 0. The number of rotatable bonds is 3. The second kappa shape index (κ2) is 5.48. The maximum atomic E-state index is 13.9. The maximum Gasteiger partial charge on any atom is 0.152 e. The van der Waals surface area contributed by atoms with Gasteiger partial charge in [0, 0.05) is 24.3 Å². The van der Waals surface area contributed by atoms with Crippen molar-refractivity contribution < 1.29 is 8.78 Å². The first kappa shape index (κ1) is 13.5. The minimum absolute atomic E-state index is 0.0789. The fraction of sp³-hybridized carbons (Fsp3) is 0.118. The van der Waals surface area contributed by atoms with E-state index in [1.165, 1.54) is 12.1 Å². The molecule has 0 radical (unpaired) electrons. The van der Waals surface area contributed by atoms with Gasteiger partial charge in [-0.25, -0.2) is 8.78 Å². The molecular formula is C17H14F2N2. The van der Waals surface area contributed by atoms with Crippen LogP contribution in [0.4, 0.5) is 14.5 Å². The van der Waals surface area contributed by atoms with Gasteiger partial charge in [0.05, 0.1) is 0 Å². The number of hydrogen-bond donors (Lipinski definition) is 1. The molecule has 0 saturated carbocycles.